The fourth-order valence-electron chi connectivity index (χ4n) is 1.04. The Kier molecular flexibility index (Phi) is 2.84. The van der Waals surface area contributed by atoms with E-state index in [9.17, 15) is 0 Å². The average Bonchev–Trinajstić information content (AvgIpc) is 2.47. The van der Waals surface area contributed by atoms with Crippen molar-refractivity contribution in [2.75, 3.05) is 0 Å². The van der Waals surface area contributed by atoms with Crippen LogP contribution >= 0.6 is 0 Å². The summed E-state index contributed by atoms with van der Waals surface area (Å²) in [4.78, 5) is 8.00. The minimum Gasteiger partial charge on any atom is -0.263 e. The molecule has 0 N–H and O–H groups in total. The van der Waals surface area contributed by atoms with E-state index in [0.717, 1.165) is 5.69 Å². The molecule has 0 unspecified atom stereocenters. The van der Waals surface area contributed by atoms with Crippen molar-refractivity contribution in [3.8, 4) is 0 Å². The first kappa shape index (κ1) is 10.6. The lowest BCUT2D eigenvalue weighted by Gasteiger charge is -2.18. The van der Waals surface area contributed by atoms with Crippen LogP contribution in [0.3, 0.4) is 0 Å². The summed E-state index contributed by atoms with van der Waals surface area (Å²) in [5, 5.41) is 4.29. The molecule has 0 aliphatic rings. The Morgan fingerprint density at radius 1 is 1.50 bits per heavy atom. The molecule has 14 heavy (non-hydrogen) atoms. The fourth-order valence-corrected chi connectivity index (χ4v) is 1.04. The first-order valence-electron chi connectivity index (χ1n) is 4.54. The van der Waals surface area contributed by atoms with Crippen LogP contribution in [0.2, 0.25) is 0 Å². The van der Waals surface area contributed by atoms with Crippen LogP contribution in [0.5, 0.6) is 0 Å². The average molecular weight is 192 g/mol. The molecule has 0 aliphatic carbocycles. The number of rotatable bonds is 2. The monoisotopic (exact) mass is 192 g/mol. The molecule has 1 aromatic rings. The van der Waals surface area contributed by atoms with Crippen LogP contribution in [-0.4, -0.2) is 22.7 Å². The Morgan fingerprint density at radius 3 is 2.57 bits per heavy atom. The quantitative estimate of drug-likeness (QED) is 0.664. The van der Waals surface area contributed by atoms with Gasteiger partial charge in [0, 0.05) is 6.21 Å². The third kappa shape index (κ3) is 2.07. The summed E-state index contributed by atoms with van der Waals surface area (Å²) < 4.78 is 1.85. The normalized spacial score (nSPS) is 12.3. The molecule has 4 heteroatoms. The van der Waals surface area contributed by atoms with Crippen molar-refractivity contribution in [2.24, 2.45) is 9.98 Å². The van der Waals surface area contributed by atoms with Gasteiger partial charge in [0.15, 0.2) is 5.82 Å². The summed E-state index contributed by atoms with van der Waals surface area (Å²) >= 11 is 0. The predicted molar refractivity (Wildman–Crippen MR) is 60.3 cm³/mol. The number of hydrogen-bond acceptors (Lipinski definition) is 3. The third-order valence-corrected chi connectivity index (χ3v) is 1.78. The van der Waals surface area contributed by atoms with Gasteiger partial charge in [0.1, 0.15) is 5.69 Å². The maximum absolute atomic E-state index is 4.29. The second kappa shape index (κ2) is 3.74. The minimum absolute atomic E-state index is 0.0546. The second-order valence-electron chi connectivity index (χ2n) is 4.00. The number of aromatic nitrogens is 2. The molecule has 0 amide bonds. The second-order valence-corrected chi connectivity index (χ2v) is 4.00. The zero-order chi connectivity index (χ0) is 10.8. The number of nitrogens with zero attached hydrogens (tertiary/aromatic N) is 4. The smallest absolute Gasteiger partial charge is 0.199 e. The Morgan fingerprint density at radius 2 is 2.14 bits per heavy atom. The molecule has 0 fully saturated rings. The maximum Gasteiger partial charge on any atom is 0.199 e. The highest BCUT2D eigenvalue weighted by Gasteiger charge is 2.16. The van der Waals surface area contributed by atoms with E-state index in [-0.39, 0.29) is 5.54 Å². The third-order valence-electron chi connectivity index (χ3n) is 1.78. The molecule has 0 radical (unpaired) electrons. The zero-order valence-corrected chi connectivity index (χ0v) is 9.15. The van der Waals surface area contributed by atoms with Gasteiger partial charge in [0.05, 0.1) is 11.7 Å². The van der Waals surface area contributed by atoms with Crippen LogP contribution in [0.1, 0.15) is 27.7 Å². The Hall–Kier alpha value is -1.45. The van der Waals surface area contributed by atoms with Crippen molar-refractivity contribution in [1.29, 1.82) is 0 Å². The van der Waals surface area contributed by atoms with Crippen molar-refractivity contribution < 1.29 is 0 Å². The molecule has 0 atom stereocenters. The van der Waals surface area contributed by atoms with E-state index in [4.69, 9.17) is 0 Å². The molecule has 0 aromatic carbocycles. The lowest BCUT2D eigenvalue weighted by Crippen LogP contribution is -2.21. The molecule has 0 saturated carbocycles. The topological polar surface area (TPSA) is 42.5 Å². The minimum atomic E-state index is -0.0546. The summed E-state index contributed by atoms with van der Waals surface area (Å²) in [6, 6.07) is 0. The van der Waals surface area contributed by atoms with Gasteiger partial charge >= 0.3 is 0 Å². The van der Waals surface area contributed by atoms with Crippen LogP contribution in [-0.2, 0) is 5.54 Å². The van der Waals surface area contributed by atoms with Crippen molar-refractivity contribution in [3.63, 3.8) is 0 Å². The Labute approximate surface area is 84.4 Å². The van der Waals surface area contributed by atoms with Gasteiger partial charge in [0.2, 0.25) is 0 Å². The van der Waals surface area contributed by atoms with Crippen LogP contribution in [0.25, 0.3) is 0 Å². The predicted octanol–water partition coefficient (Wildman–Crippen LogP) is 2.69. The summed E-state index contributed by atoms with van der Waals surface area (Å²) in [6.07, 6.45) is 3.60. The zero-order valence-electron chi connectivity index (χ0n) is 9.15. The highest BCUT2D eigenvalue weighted by Crippen LogP contribution is 2.28. The first-order chi connectivity index (χ1) is 6.49. The SMILES string of the molecule is C=Nc1nn(C(C)(C)C)cc1/N=C\C. The van der Waals surface area contributed by atoms with Gasteiger partial charge in [-0.25, -0.2) is 4.99 Å². The standard InChI is InChI=1S/C10H16N4/c1-6-12-8-7-14(10(2,3)4)13-9(8)11-5/h6-7H,5H2,1-4H3/b12-6-. The maximum atomic E-state index is 4.29. The number of aliphatic imine (C=N–C) groups is 2. The van der Waals surface area contributed by atoms with Gasteiger partial charge in [-0.2, -0.15) is 5.10 Å². The molecular formula is C10H16N4. The molecule has 1 aromatic heterocycles. The van der Waals surface area contributed by atoms with E-state index in [1.807, 2.05) is 17.8 Å². The van der Waals surface area contributed by atoms with Crippen molar-refractivity contribution in [3.05, 3.63) is 6.20 Å². The molecule has 4 nitrogen and oxygen atoms in total. The van der Waals surface area contributed by atoms with Gasteiger partial charge in [-0.05, 0) is 34.4 Å². The lowest BCUT2D eigenvalue weighted by molar-refractivity contribution is 0.356. The number of hydrogen-bond donors (Lipinski definition) is 0. The summed E-state index contributed by atoms with van der Waals surface area (Å²) in [5.74, 6) is 0.582. The molecular weight excluding hydrogens is 176 g/mol. The van der Waals surface area contributed by atoms with Crippen molar-refractivity contribution >= 4 is 24.4 Å². The van der Waals surface area contributed by atoms with Gasteiger partial charge in [-0.3, -0.25) is 9.67 Å². The van der Waals surface area contributed by atoms with Gasteiger partial charge in [-0.1, -0.05) is 0 Å². The van der Waals surface area contributed by atoms with Crippen molar-refractivity contribution in [1.82, 2.24) is 9.78 Å². The van der Waals surface area contributed by atoms with E-state index >= 15 is 0 Å². The largest absolute Gasteiger partial charge is 0.263 e. The van der Waals surface area contributed by atoms with E-state index in [1.165, 1.54) is 0 Å². The Balaban J connectivity index is 3.19. The highest BCUT2D eigenvalue weighted by atomic mass is 15.3. The molecule has 0 spiro atoms. The van der Waals surface area contributed by atoms with Gasteiger partial charge in [-0.15, -0.1) is 0 Å². The van der Waals surface area contributed by atoms with E-state index in [0.29, 0.717) is 5.82 Å². The lowest BCUT2D eigenvalue weighted by atomic mass is 10.1. The molecule has 1 heterocycles. The summed E-state index contributed by atoms with van der Waals surface area (Å²) in [7, 11) is 0. The van der Waals surface area contributed by atoms with Crippen LogP contribution in [0.4, 0.5) is 11.5 Å². The van der Waals surface area contributed by atoms with Gasteiger partial charge in [0.25, 0.3) is 0 Å². The van der Waals surface area contributed by atoms with Crippen molar-refractivity contribution in [2.45, 2.75) is 33.2 Å². The first-order valence-corrected chi connectivity index (χ1v) is 4.54. The Bertz CT molecular complexity index is 355. The van der Waals surface area contributed by atoms with Crippen LogP contribution in [0, 0.1) is 0 Å². The molecule has 0 aliphatic heterocycles. The van der Waals surface area contributed by atoms with E-state index < -0.39 is 0 Å². The molecule has 0 bridgehead atoms. The fraction of sp³-hybridized carbons (Fsp3) is 0.500. The highest BCUT2D eigenvalue weighted by molar-refractivity contribution is 5.67. The summed E-state index contributed by atoms with van der Waals surface area (Å²) in [5.41, 5.74) is 0.707. The van der Waals surface area contributed by atoms with Crippen LogP contribution in [0.15, 0.2) is 16.2 Å². The summed E-state index contributed by atoms with van der Waals surface area (Å²) in [6.45, 7) is 11.6. The van der Waals surface area contributed by atoms with E-state index in [2.05, 4.69) is 42.6 Å². The molecule has 1 rings (SSSR count). The van der Waals surface area contributed by atoms with Gasteiger partial charge < -0.3 is 0 Å². The van der Waals surface area contributed by atoms with Crippen LogP contribution < -0.4 is 0 Å². The van der Waals surface area contributed by atoms with E-state index in [1.54, 1.807) is 6.21 Å². The molecule has 76 valence electrons. The molecule has 0 saturated heterocycles.